The Morgan fingerprint density at radius 1 is 0.800 bits per heavy atom. The minimum absolute atomic E-state index is 0.210. The molecule has 1 N–H and O–H groups in total. The van der Waals surface area contributed by atoms with Crippen molar-refractivity contribution >= 4 is 28.8 Å². The molecule has 0 atom stereocenters. The van der Waals surface area contributed by atoms with E-state index in [1.165, 1.54) is 24.3 Å². The van der Waals surface area contributed by atoms with E-state index in [-0.39, 0.29) is 5.70 Å². The molecule has 0 radical (unpaired) electrons. The Bertz CT molecular complexity index is 1200. The van der Waals surface area contributed by atoms with Crippen molar-refractivity contribution in [3.8, 4) is 0 Å². The smallest absolute Gasteiger partial charge is 0.282 e. The lowest BCUT2D eigenvalue weighted by Crippen LogP contribution is -2.32. The Morgan fingerprint density at radius 3 is 2.17 bits per heavy atom. The fourth-order valence-electron chi connectivity index (χ4n) is 3.68. The number of anilines is 2. The summed E-state index contributed by atoms with van der Waals surface area (Å²) >= 11 is 0. The van der Waals surface area contributed by atoms with Crippen molar-refractivity contribution in [1.82, 2.24) is 0 Å². The van der Waals surface area contributed by atoms with Crippen LogP contribution in [0.2, 0.25) is 0 Å². The first kappa shape index (κ1) is 19.6. The van der Waals surface area contributed by atoms with Crippen molar-refractivity contribution in [1.29, 1.82) is 0 Å². The van der Waals surface area contributed by atoms with E-state index in [4.69, 9.17) is 0 Å². The lowest BCUT2D eigenvalue weighted by molar-refractivity contribution is -0.120. The van der Waals surface area contributed by atoms with Gasteiger partial charge in [-0.25, -0.2) is 9.29 Å². The van der Waals surface area contributed by atoms with Gasteiger partial charge in [0.2, 0.25) is 0 Å². The molecule has 0 unspecified atom stereocenters. The number of halogens is 1. The fraction of sp³-hybridized carbons (Fsp3) is 0.120. The number of benzene rings is 3. The third-order valence-electron chi connectivity index (χ3n) is 5.11. The minimum atomic E-state index is -0.469. The molecule has 0 aromatic heterocycles. The molecule has 0 spiro atoms. The summed E-state index contributed by atoms with van der Waals surface area (Å²) in [5.74, 6) is -1.34. The molecule has 4 rings (SSSR count). The Hall–Kier alpha value is -3.73. The second-order valence-electron chi connectivity index (χ2n) is 7.48. The number of carbonyl (C=O) groups excluding carboxylic acids is 2. The number of carbonyl (C=O) groups is 2. The van der Waals surface area contributed by atoms with Crippen LogP contribution >= 0.6 is 0 Å². The van der Waals surface area contributed by atoms with E-state index in [0.29, 0.717) is 16.8 Å². The van der Waals surface area contributed by atoms with Gasteiger partial charge < -0.3 is 5.32 Å². The largest absolute Gasteiger partial charge is 0.350 e. The van der Waals surface area contributed by atoms with Crippen LogP contribution in [0.25, 0.3) is 5.57 Å². The van der Waals surface area contributed by atoms with Crippen LogP contribution in [-0.4, -0.2) is 11.8 Å². The van der Waals surface area contributed by atoms with Gasteiger partial charge in [0.15, 0.2) is 0 Å². The zero-order valence-electron chi connectivity index (χ0n) is 17.0. The number of rotatable bonds is 4. The second-order valence-corrected chi connectivity index (χ2v) is 7.48. The summed E-state index contributed by atoms with van der Waals surface area (Å²) in [6, 6.07) is 18.7. The van der Waals surface area contributed by atoms with Gasteiger partial charge in [0.1, 0.15) is 11.5 Å². The molecule has 1 aliphatic heterocycles. The van der Waals surface area contributed by atoms with Gasteiger partial charge in [0.25, 0.3) is 11.8 Å². The molecule has 2 amide bonds. The first-order valence-corrected chi connectivity index (χ1v) is 9.65. The quantitative estimate of drug-likeness (QED) is 0.617. The van der Waals surface area contributed by atoms with Gasteiger partial charge in [-0.3, -0.25) is 9.59 Å². The SMILES string of the molecule is Cc1cccc(NC2=C(c3ccc(C)cc3C)C(=O)N(c3ccc(F)cc3)C2=O)c1. The normalized spacial score (nSPS) is 13.9. The van der Waals surface area contributed by atoms with Crippen molar-refractivity contribution in [3.05, 3.63) is 100 Å². The summed E-state index contributed by atoms with van der Waals surface area (Å²) in [6.07, 6.45) is 0. The monoisotopic (exact) mass is 400 g/mol. The number of hydrogen-bond donors (Lipinski definition) is 1. The van der Waals surface area contributed by atoms with Crippen LogP contribution in [0.15, 0.2) is 72.4 Å². The van der Waals surface area contributed by atoms with Gasteiger partial charge in [0, 0.05) is 5.69 Å². The van der Waals surface area contributed by atoms with Gasteiger partial charge in [-0.15, -0.1) is 0 Å². The zero-order valence-corrected chi connectivity index (χ0v) is 17.0. The molecule has 30 heavy (non-hydrogen) atoms. The highest BCUT2D eigenvalue weighted by molar-refractivity contribution is 6.46. The highest BCUT2D eigenvalue weighted by atomic mass is 19.1. The predicted molar refractivity (Wildman–Crippen MR) is 117 cm³/mol. The van der Waals surface area contributed by atoms with E-state index < -0.39 is 17.6 Å². The first-order valence-electron chi connectivity index (χ1n) is 9.65. The summed E-state index contributed by atoms with van der Waals surface area (Å²) in [7, 11) is 0. The Labute approximate surface area is 174 Å². The molecule has 5 heteroatoms. The Morgan fingerprint density at radius 2 is 1.50 bits per heavy atom. The lowest BCUT2D eigenvalue weighted by Gasteiger charge is -2.15. The molecule has 0 aliphatic carbocycles. The molecular weight excluding hydrogens is 379 g/mol. The molecule has 3 aromatic carbocycles. The summed E-state index contributed by atoms with van der Waals surface area (Å²) in [5.41, 5.74) is 5.25. The number of nitrogens with one attached hydrogen (secondary N) is 1. The Balaban J connectivity index is 1.86. The highest BCUT2D eigenvalue weighted by Crippen LogP contribution is 2.35. The molecule has 0 fully saturated rings. The molecule has 0 saturated carbocycles. The number of nitrogens with zero attached hydrogens (tertiary/aromatic N) is 1. The van der Waals surface area contributed by atoms with Gasteiger partial charge in [0.05, 0.1) is 11.3 Å². The van der Waals surface area contributed by atoms with Crippen molar-refractivity contribution in [3.63, 3.8) is 0 Å². The minimum Gasteiger partial charge on any atom is -0.350 e. The number of amides is 2. The maximum atomic E-state index is 13.4. The summed E-state index contributed by atoms with van der Waals surface area (Å²) < 4.78 is 13.4. The number of hydrogen-bond acceptors (Lipinski definition) is 3. The molecular formula is C25H21FN2O2. The Kier molecular flexibility index (Phi) is 4.96. The maximum absolute atomic E-state index is 13.4. The molecule has 1 heterocycles. The van der Waals surface area contributed by atoms with Crippen LogP contribution in [0.4, 0.5) is 15.8 Å². The van der Waals surface area contributed by atoms with E-state index in [1.54, 1.807) is 0 Å². The summed E-state index contributed by atoms with van der Waals surface area (Å²) in [6.45, 7) is 5.85. The average molecular weight is 400 g/mol. The zero-order chi connectivity index (χ0) is 21.4. The van der Waals surface area contributed by atoms with Crippen molar-refractivity contribution < 1.29 is 14.0 Å². The van der Waals surface area contributed by atoms with Crippen LogP contribution in [0.3, 0.4) is 0 Å². The first-order chi connectivity index (χ1) is 14.3. The fourth-order valence-corrected chi connectivity index (χ4v) is 3.68. The van der Waals surface area contributed by atoms with Gasteiger partial charge in [-0.05, 0) is 73.9 Å². The van der Waals surface area contributed by atoms with E-state index in [0.717, 1.165) is 27.3 Å². The number of aryl methyl sites for hydroxylation is 3. The van der Waals surface area contributed by atoms with Crippen molar-refractivity contribution in [2.24, 2.45) is 0 Å². The van der Waals surface area contributed by atoms with Crippen LogP contribution in [0, 0.1) is 26.6 Å². The lowest BCUT2D eigenvalue weighted by atomic mass is 9.97. The third kappa shape index (κ3) is 3.50. The average Bonchev–Trinajstić information content (AvgIpc) is 2.93. The second kappa shape index (κ2) is 7.59. The van der Waals surface area contributed by atoms with Crippen molar-refractivity contribution in [2.45, 2.75) is 20.8 Å². The van der Waals surface area contributed by atoms with Gasteiger partial charge >= 0.3 is 0 Å². The standard InChI is InChI=1S/C25H21FN2O2/c1-15-5-4-6-19(14-15)27-23-22(21-12-7-16(2)13-17(21)3)24(29)28(25(23)30)20-10-8-18(26)9-11-20/h4-14,27H,1-3H3. The molecule has 4 nitrogen and oxygen atoms in total. The molecule has 3 aromatic rings. The molecule has 0 bridgehead atoms. The number of imide groups is 1. The highest BCUT2D eigenvalue weighted by Gasteiger charge is 2.40. The van der Waals surface area contributed by atoms with Gasteiger partial charge in [-0.1, -0.05) is 35.9 Å². The molecule has 150 valence electrons. The summed E-state index contributed by atoms with van der Waals surface area (Å²) in [4.78, 5) is 27.9. The van der Waals surface area contributed by atoms with Crippen LogP contribution in [0.1, 0.15) is 22.3 Å². The van der Waals surface area contributed by atoms with Crippen LogP contribution in [0.5, 0.6) is 0 Å². The maximum Gasteiger partial charge on any atom is 0.282 e. The van der Waals surface area contributed by atoms with Crippen LogP contribution in [-0.2, 0) is 9.59 Å². The third-order valence-corrected chi connectivity index (χ3v) is 5.11. The van der Waals surface area contributed by atoms with E-state index in [9.17, 15) is 14.0 Å². The molecule has 0 saturated heterocycles. The molecule has 1 aliphatic rings. The van der Waals surface area contributed by atoms with E-state index in [1.807, 2.05) is 63.2 Å². The van der Waals surface area contributed by atoms with E-state index >= 15 is 0 Å². The summed E-state index contributed by atoms with van der Waals surface area (Å²) in [5, 5.41) is 3.16. The van der Waals surface area contributed by atoms with Crippen LogP contribution < -0.4 is 10.2 Å². The predicted octanol–water partition coefficient (Wildman–Crippen LogP) is 5.15. The topological polar surface area (TPSA) is 49.4 Å². The van der Waals surface area contributed by atoms with Gasteiger partial charge in [-0.2, -0.15) is 0 Å². The van der Waals surface area contributed by atoms with Crippen molar-refractivity contribution in [2.75, 3.05) is 10.2 Å². The van der Waals surface area contributed by atoms with E-state index in [2.05, 4.69) is 5.32 Å².